The lowest BCUT2D eigenvalue weighted by Gasteiger charge is -2.00. The Morgan fingerprint density at radius 1 is 1.19 bits per heavy atom. The number of nitrogens with zero attached hydrogens (tertiary/aromatic N) is 4. The molecular formula is C16H21N5. The first-order valence-corrected chi connectivity index (χ1v) is 7.48. The summed E-state index contributed by atoms with van der Waals surface area (Å²) in [5, 5.41) is 13.7. The van der Waals surface area contributed by atoms with Crippen LogP contribution in [-0.2, 0) is 19.6 Å². The molecule has 3 rings (SSSR count). The highest BCUT2D eigenvalue weighted by Crippen LogP contribution is 2.19. The fourth-order valence-corrected chi connectivity index (χ4v) is 2.52. The first-order chi connectivity index (χ1) is 10.3. The lowest BCUT2D eigenvalue weighted by molar-refractivity contribution is 0.649. The van der Waals surface area contributed by atoms with Crippen molar-refractivity contribution >= 4 is 10.9 Å². The summed E-state index contributed by atoms with van der Waals surface area (Å²) in [5.74, 6) is 0. The Hall–Kier alpha value is -2.14. The summed E-state index contributed by atoms with van der Waals surface area (Å²) in [6.07, 6.45) is 4.00. The Morgan fingerprint density at radius 2 is 2.05 bits per heavy atom. The molecular weight excluding hydrogens is 262 g/mol. The number of para-hydroxylation sites is 1. The van der Waals surface area contributed by atoms with Crippen LogP contribution in [0.15, 0.2) is 36.7 Å². The van der Waals surface area contributed by atoms with Gasteiger partial charge in [-0.15, -0.1) is 0 Å². The number of aryl methyl sites for hydroxylation is 1. The van der Waals surface area contributed by atoms with Gasteiger partial charge in [0.1, 0.15) is 0 Å². The summed E-state index contributed by atoms with van der Waals surface area (Å²) in [4.78, 5) is 0. The van der Waals surface area contributed by atoms with Crippen LogP contribution in [0.25, 0.3) is 10.9 Å². The maximum Gasteiger partial charge on any atom is 0.0841 e. The number of hydrogen-bond donors (Lipinski definition) is 1. The van der Waals surface area contributed by atoms with Crippen LogP contribution >= 0.6 is 0 Å². The van der Waals surface area contributed by atoms with E-state index in [0.29, 0.717) is 0 Å². The van der Waals surface area contributed by atoms with E-state index in [1.807, 2.05) is 10.9 Å². The van der Waals surface area contributed by atoms with Gasteiger partial charge in [0, 0.05) is 30.2 Å². The van der Waals surface area contributed by atoms with Gasteiger partial charge in [0.2, 0.25) is 0 Å². The smallest absolute Gasteiger partial charge is 0.0841 e. The second-order valence-electron chi connectivity index (χ2n) is 5.11. The number of hydrogen-bond acceptors (Lipinski definition) is 3. The fraction of sp³-hybridized carbons (Fsp3) is 0.375. The molecule has 5 nitrogen and oxygen atoms in total. The lowest BCUT2D eigenvalue weighted by atomic mass is 10.2. The van der Waals surface area contributed by atoms with Crippen molar-refractivity contribution in [1.29, 1.82) is 0 Å². The van der Waals surface area contributed by atoms with Crippen molar-refractivity contribution in [2.75, 3.05) is 6.54 Å². The summed E-state index contributed by atoms with van der Waals surface area (Å²) in [6.45, 7) is 7.60. The standard InChI is InChI=1S/C16H21N5/c1-3-17-10-15-14-7-5-6-8-16(14)21(19-15)12-13-9-18-20(4-2)11-13/h5-9,11,17H,3-4,10,12H2,1-2H3. The van der Waals surface area contributed by atoms with Gasteiger partial charge < -0.3 is 5.32 Å². The molecule has 0 unspecified atom stereocenters. The van der Waals surface area contributed by atoms with Gasteiger partial charge in [-0.3, -0.25) is 9.36 Å². The highest BCUT2D eigenvalue weighted by atomic mass is 15.3. The van der Waals surface area contributed by atoms with Crippen molar-refractivity contribution in [2.45, 2.75) is 33.5 Å². The normalized spacial score (nSPS) is 11.3. The van der Waals surface area contributed by atoms with E-state index in [0.717, 1.165) is 31.9 Å². The van der Waals surface area contributed by atoms with E-state index in [-0.39, 0.29) is 0 Å². The summed E-state index contributed by atoms with van der Waals surface area (Å²) < 4.78 is 4.01. The minimum absolute atomic E-state index is 0.757. The summed E-state index contributed by atoms with van der Waals surface area (Å²) in [7, 11) is 0. The molecule has 0 bridgehead atoms. The quantitative estimate of drug-likeness (QED) is 0.755. The van der Waals surface area contributed by atoms with E-state index in [4.69, 9.17) is 5.10 Å². The van der Waals surface area contributed by atoms with Crippen LogP contribution in [-0.4, -0.2) is 26.1 Å². The van der Waals surface area contributed by atoms with Gasteiger partial charge in [-0.25, -0.2) is 0 Å². The Labute approximate surface area is 124 Å². The van der Waals surface area contributed by atoms with E-state index < -0.39 is 0 Å². The van der Waals surface area contributed by atoms with E-state index in [1.165, 1.54) is 16.5 Å². The molecule has 0 spiro atoms. The maximum absolute atomic E-state index is 4.77. The van der Waals surface area contributed by atoms with Gasteiger partial charge in [-0.05, 0) is 19.5 Å². The average molecular weight is 283 g/mol. The molecule has 0 amide bonds. The first-order valence-electron chi connectivity index (χ1n) is 7.48. The second kappa shape index (κ2) is 6.10. The predicted molar refractivity (Wildman–Crippen MR) is 84.1 cm³/mol. The molecule has 0 aliphatic carbocycles. The van der Waals surface area contributed by atoms with Crippen molar-refractivity contribution in [1.82, 2.24) is 24.9 Å². The van der Waals surface area contributed by atoms with Crippen LogP contribution in [0.4, 0.5) is 0 Å². The average Bonchev–Trinajstić information content (AvgIpc) is 3.11. The number of rotatable bonds is 6. The molecule has 0 saturated carbocycles. The molecule has 21 heavy (non-hydrogen) atoms. The number of benzene rings is 1. The van der Waals surface area contributed by atoms with Crippen LogP contribution < -0.4 is 5.32 Å². The first kappa shape index (κ1) is 13.8. The molecule has 2 heterocycles. The van der Waals surface area contributed by atoms with Crippen molar-refractivity contribution in [3.05, 3.63) is 47.9 Å². The van der Waals surface area contributed by atoms with Crippen LogP contribution in [0.2, 0.25) is 0 Å². The van der Waals surface area contributed by atoms with Gasteiger partial charge in [0.05, 0.1) is 24.0 Å². The molecule has 1 N–H and O–H groups in total. The molecule has 3 aromatic rings. The van der Waals surface area contributed by atoms with Crippen LogP contribution in [0.1, 0.15) is 25.1 Å². The maximum atomic E-state index is 4.77. The molecule has 0 fully saturated rings. The molecule has 0 radical (unpaired) electrons. The summed E-state index contributed by atoms with van der Waals surface area (Å²) in [6, 6.07) is 8.40. The third-order valence-electron chi connectivity index (χ3n) is 3.62. The Kier molecular flexibility index (Phi) is 4.01. The number of nitrogens with one attached hydrogen (secondary N) is 1. The van der Waals surface area contributed by atoms with Crippen molar-refractivity contribution < 1.29 is 0 Å². The zero-order valence-corrected chi connectivity index (χ0v) is 12.6. The largest absolute Gasteiger partial charge is 0.311 e. The molecule has 0 aliphatic rings. The molecule has 2 aromatic heterocycles. The van der Waals surface area contributed by atoms with Gasteiger partial charge >= 0.3 is 0 Å². The lowest BCUT2D eigenvalue weighted by Crippen LogP contribution is -2.12. The Balaban J connectivity index is 1.93. The monoisotopic (exact) mass is 283 g/mol. The molecule has 0 atom stereocenters. The van der Waals surface area contributed by atoms with E-state index in [2.05, 4.69) is 59.4 Å². The minimum Gasteiger partial charge on any atom is -0.311 e. The molecule has 0 aliphatic heterocycles. The van der Waals surface area contributed by atoms with Gasteiger partial charge in [-0.2, -0.15) is 10.2 Å². The Bertz CT molecular complexity index is 725. The SMILES string of the molecule is CCNCc1nn(Cc2cnn(CC)c2)c2ccccc12. The van der Waals surface area contributed by atoms with Crippen LogP contribution in [0.5, 0.6) is 0 Å². The van der Waals surface area contributed by atoms with Crippen molar-refractivity contribution in [3.63, 3.8) is 0 Å². The van der Waals surface area contributed by atoms with Crippen molar-refractivity contribution in [3.8, 4) is 0 Å². The molecule has 110 valence electrons. The molecule has 5 heteroatoms. The van der Waals surface area contributed by atoms with E-state index in [9.17, 15) is 0 Å². The third kappa shape index (κ3) is 2.83. The van der Waals surface area contributed by atoms with Crippen LogP contribution in [0.3, 0.4) is 0 Å². The van der Waals surface area contributed by atoms with Gasteiger partial charge in [-0.1, -0.05) is 25.1 Å². The van der Waals surface area contributed by atoms with E-state index in [1.54, 1.807) is 0 Å². The predicted octanol–water partition coefficient (Wildman–Crippen LogP) is 2.41. The highest BCUT2D eigenvalue weighted by Gasteiger charge is 2.10. The van der Waals surface area contributed by atoms with Gasteiger partial charge in [0.15, 0.2) is 0 Å². The molecule has 1 aromatic carbocycles. The van der Waals surface area contributed by atoms with Crippen molar-refractivity contribution in [2.24, 2.45) is 0 Å². The van der Waals surface area contributed by atoms with Gasteiger partial charge in [0.25, 0.3) is 0 Å². The Morgan fingerprint density at radius 3 is 2.81 bits per heavy atom. The molecule has 0 saturated heterocycles. The number of fused-ring (bicyclic) bond motifs is 1. The fourth-order valence-electron chi connectivity index (χ4n) is 2.52. The zero-order valence-electron chi connectivity index (χ0n) is 12.6. The van der Waals surface area contributed by atoms with E-state index >= 15 is 0 Å². The third-order valence-corrected chi connectivity index (χ3v) is 3.62. The topological polar surface area (TPSA) is 47.7 Å². The zero-order chi connectivity index (χ0) is 14.7. The van der Waals surface area contributed by atoms with Crippen LogP contribution in [0, 0.1) is 0 Å². The minimum atomic E-state index is 0.757. The number of aromatic nitrogens is 4. The summed E-state index contributed by atoms with van der Waals surface area (Å²) in [5.41, 5.74) is 3.46. The highest BCUT2D eigenvalue weighted by molar-refractivity contribution is 5.82. The summed E-state index contributed by atoms with van der Waals surface area (Å²) >= 11 is 0. The second-order valence-corrected chi connectivity index (χ2v) is 5.11.